The Labute approximate surface area is 133 Å². The summed E-state index contributed by atoms with van der Waals surface area (Å²) >= 11 is 5.77. The average Bonchev–Trinajstić information content (AvgIpc) is 2.52. The van der Waals surface area contributed by atoms with E-state index in [1.807, 2.05) is 18.2 Å². The lowest BCUT2D eigenvalue weighted by atomic mass is 10.2. The molecular formula is C16H15ClN2O3. The SMILES string of the molecule is CN(C(=O)COC(=O)c1ccc(Cl)cc1N)c1ccccc1. The van der Waals surface area contributed by atoms with Crippen LogP contribution in [0.25, 0.3) is 0 Å². The maximum Gasteiger partial charge on any atom is 0.340 e. The van der Waals surface area contributed by atoms with E-state index in [9.17, 15) is 9.59 Å². The molecule has 0 fully saturated rings. The highest BCUT2D eigenvalue weighted by molar-refractivity contribution is 6.31. The number of ether oxygens (including phenoxy) is 1. The highest BCUT2D eigenvalue weighted by atomic mass is 35.5. The van der Waals surface area contributed by atoms with Crippen molar-refractivity contribution in [3.05, 3.63) is 59.1 Å². The van der Waals surface area contributed by atoms with Crippen LogP contribution in [0.4, 0.5) is 11.4 Å². The van der Waals surface area contributed by atoms with Crippen LogP contribution in [-0.2, 0) is 9.53 Å². The summed E-state index contributed by atoms with van der Waals surface area (Å²) in [4.78, 5) is 25.4. The summed E-state index contributed by atoms with van der Waals surface area (Å²) < 4.78 is 5.00. The highest BCUT2D eigenvalue weighted by Gasteiger charge is 2.16. The van der Waals surface area contributed by atoms with Crippen LogP contribution in [0, 0.1) is 0 Å². The summed E-state index contributed by atoms with van der Waals surface area (Å²) in [6, 6.07) is 13.5. The number of carbonyl (C=O) groups excluding carboxylic acids is 2. The minimum Gasteiger partial charge on any atom is -0.452 e. The molecule has 0 aliphatic carbocycles. The van der Waals surface area contributed by atoms with Crippen molar-refractivity contribution in [3.63, 3.8) is 0 Å². The third-order valence-electron chi connectivity index (χ3n) is 3.08. The largest absolute Gasteiger partial charge is 0.452 e. The number of nitrogens with two attached hydrogens (primary N) is 1. The van der Waals surface area contributed by atoms with E-state index in [2.05, 4.69) is 0 Å². The van der Waals surface area contributed by atoms with Gasteiger partial charge in [-0.15, -0.1) is 0 Å². The highest BCUT2D eigenvalue weighted by Crippen LogP contribution is 2.19. The number of carbonyl (C=O) groups is 2. The molecule has 0 saturated heterocycles. The number of nitrogens with zero attached hydrogens (tertiary/aromatic N) is 1. The van der Waals surface area contributed by atoms with Gasteiger partial charge in [0.05, 0.1) is 5.56 Å². The Hall–Kier alpha value is -2.53. The topological polar surface area (TPSA) is 72.6 Å². The summed E-state index contributed by atoms with van der Waals surface area (Å²) in [7, 11) is 1.61. The van der Waals surface area contributed by atoms with Gasteiger partial charge in [-0.2, -0.15) is 0 Å². The first-order valence-corrected chi connectivity index (χ1v) is 6.90. The number of rotatable bonds is 4. The zero-order valence-electron chi connectivity index (χ0n) is 12.0. The predicted molar refractivity (Wildman–Crippen MR) is 86.0 cm³/mol. The summed E-state index contributed by atoms with van der Waals surface area (Å²) in [5.74, 6) is -1.00. The fourth-order valence-corrected chi connectivity index (χ4v) is 2.00. The van der Waals surface area contributed by atoms with Gasteiger partial charge in [0.2, 0.25) is 0 Å². The number of amides is 1. The van der Waals surface area contributed by atoms with Gasteiger partial charge in [0.15, 0.2) is 6.61 Å². The lowest BCUT2D eigenvalue weighted by molar-refractivity contribution is -0.121. The smallest absolute Gasteiger partial charge is 0.340 e. The maximum absolute atomic E-state index is 12.0. The first-order valence-electron chi connectivity index (χ1n) is 6.53. The Balaban J connectivity index is 1.97. The second-order valence-corrected chi connectivity index (χ2v) is 5.03. The monoisotopic (exact) mass is 318 g/mol. The number of nitrogen functional groups attached to an aromatic ring is 1. The fraction of sp³-hybridized carbons (Fsp3) is 0.125. The van der Waals surface area contributed by atoms with Crippen LogP contribution in [-0.4, -0.2) is 25.5 Å². The van der Waals surface area contributed by atoms with Gasteiger partial charge in [0, 0.05) is 23.4 Å². The van der Waals surface area contributed by atoms with E-state index in [4.69, 9.17) is 22.1 Å². The van der Waals surface area contributed by atoms with Crippen LogP contribution in [0.1, 0.15) is 10.4 Å². The van der Waals surface area contributed by atoms with E-state index in [0.29, 0.717) is 5.02 Å². The third-order valence-corrected chi connectivity index (χ3v) is 3.31. The van der Waals surface area contributed by atoms with E-state index in [1.54, 1.807) is 19.2 Å². The first kappa shape index (κ1) is 15.9. The van der Waals surface area contributed by atoms with Crippen LogP contribution in [0.2, 0.25) is 5.02 Å². The van der Waals surface area contributed by atoms with Crippen molar-refractivity contribution in [1.82, 2.24) is 0 Å². The van der Waals surface area contributed by atoms with Crippen molar-refractivity contribution in [2.45, 2.75) is 0 Å². The number of hydrogen-bond donors (Lipinski definition) is 1. The molecule has 0 unspecified atom stereocenters. The molecule has 5 nitrogen and oxygen atoms in total. The van der Waals surface area contributed by atoms with Gasteiger partial charge < -0.3 is 15.4 Å². The molecule has 2 rings (SSSR count). The van der Waals surface area contributed by atoms with Gasteiger partial charge in [-0.05, 0) is 30.3 Å². The minimum absolute atomic E-state index is 0.180. The number of para-hydroxylation sites is 1. The molecule has 0 bridgehead atoms. The zero-order chi connectivity index (χ0) is 16.1. The summed E-state index contributed by atoms with van der Waals surface area (Å²) in [6.45, 7) is -0.369. The molecule has 0 spiro atoms. The number of esters is 1. The lowest BCUT2D eigenvalue weighted by Crippen LogP contribution is -2.31. The zero-order valence-corrected chi connectivity index (χ0v) is 12.7. The van der Waals surface area contributed by atoms with Gasteiger partial charge in [-0.3, -0.25) is 4.79 Å². The Kier molecular flexibility index (Phi) is 5.01. The predicted octanol–water partition coefficient (Wildman–Crippen LogP) is 2.74. The van der Waals surface area contributed by atoms with E-state index in [-0.39, 0.29) is 23.8 Å². The lowest BCUT2D eigenvalue weighted by Gasteiger charge is -2.17. The van der Waals surface area contributed by atoms with Gasteiger partial charge in [-0.1, -0.05) is 29.8 Å². The molecule has 2 N–H and O–H groups in total. The number of hydrogen-bond acceptors (Lipinski definition) is 4. The van der Waals surface area contributed by atoms with Gasteiger partial charge in [0.1, 0.15) is 0 Å². The molecule has 114 valence electrons. The summed E-state index contributed by atoms with van der Waals surface area (Å²) in [6.07, 6.45) is 0. The Bertz CT molecular complexity index is 689. The van der Waals surface area contributed by atoms with E-state index < -0.39 is 5.97 Å². The second kappa shape index (κ2) is 6.95. The molecule has 0 aliphatic rings. The van der Waals surface area contributed by atoms with Gasteiger partial charge >= 0.3 is 5.97 Å². The molecule has 0 heterocycles. The molecule has 2 aromatic carbocycles. The fourth-order valence-electron chi connectivity index (χ4n) is 1.82. The average molecular weight is 319 g/mol. The molecule has 6 heteroatoms. The minimum atomic E-state index is -0.663. The molecule has 2 aromatic rings. The van der Waals surface area contributed by atoms with Gasteiger partial charge in [-0.25, -0.2) is 4.79 Å². The maximum atomic E-state index is 12.0. The quantitative estimate of drug-likeness (QED) is 0.695. The van der Waals surface area contributed by atoms with E-state index >= 15 is 0 Å². The Morgan fingerprint density at radius 1 is 1.18 bits per heavy atom. The summed E-state index contributed by atoms with van der Waals surface area (Å²) in [5.41, 5.74) is 6.81. The number of benzene rings is 2. The van der Waals surface area contributed by atoms with Crippen LogP contribution < -0.4 is 10.6 Å². The number of halogens is 1. The van der Waals surface area contributed by atoms with E-state index in [0.717, 1.165) is 5.69 Å². The summed E-state index contributed by atoms with van der Waals surface area (Å²) in [5, 5.41) is 0.425. The van der Waals surface area contributed by atoms with Crippen LogP contribution >= 0.6 is 11.6 Å². The second-order valence-electron chi connectivity index (χ2n) is 4.60. The van der Waals surface area contributed by atoms with Crippen molar-refractivity contribution in [1.29, 1.82) is 0 Å². The van der Waals surface area contributed by atoms with Crippen molar-refractivity contribution in [2.24, 2.45) is 0 Å². The standard InChI is InChI=1S/C16H15ClN2O3/c1-19(12-5-3-2-4-6-12)15(20)10-22-16(21)13-8-7-11(17)9-14(13)18/h2-9H,10,18H2,1H3. The van der Waals surface area contributed by atoms with Gasteiger partial charge in [0.25, 0.3) is 5.91 Å². The Morgan fingerprint density at radius 2 is 1.86 bits per heavy atom. The first-order chi connectivity index (χ1) is 10.5. The molecule has 0 radical (unpaired) electrons. The molecule has 0 aliphatic heterocycles. The molecular weight excluding hydrogens is 304 g/mol. The third kappa shape index (κ3) is 3.77. The molecule has 0 aromatic heterocycles. The molecule has 0 saturated carbocycles. The van der Waals surface area contributed by atoms with Crippen molar-refractivity contribution >= 4 is 34.9 Å². The number of likely N-dealkylation sites (N-methyl/N-ethyl adjacent to an activating group) is 1. The van der Waals surface area contributed by atoms with Crippen molar-refractivity contribution < 1.29 is 14.3 Å². The molecule has 0 atom stereocenters. The van der Waals surface area contributed by atoms with Crippen molar-refractivity contribution in [3.8, 4) is 0 Å². The van der Waals surface area contributed by atoms with Crippen LogP contribution in [0.15, 0.2) is 48.5 Å². The Morgan fingerprint density at radius 3 is 2.50 bits per heavy atom. The molecule has 1 amide bonds. The van der Waals surface area contributed by atoms with Crippen molar-refractivity contribution in [2.75, 3.05) is 24.3 Å². The normalized spacial score (nSPS) is 10.1. The van der Waals surface area contributed by atoms with Crippen LogP contribution in [0.5, 0.6) is 0 Å². The van der Waals surface area contributed by atoms with E-state index in [1.165, 1.54) is 23.1 Å². The van der Waals surface area contributed by atoms with Crippen LogP contribution in [0.3, 0.4) is 0 Å². The molecule has 22 heavy (non-hydrogen) atoms. The number of anilines is 2.